The van der Waals surface area contributed by atoms with Crippen LogP contribution in [-0.4, -0.2) is 29.7 Å². The molecule has 0 fully saturated rings. The second kappa shape index (κ2) is 7.08. The van der Waals surface area contributed by atoms with Crippen LogP contribution < -0.4 is 10.6 Å². The van der Waals surface area contributed by atoms with Gasteiger partial charge in [-0.05, 0) is 44.5 Å². The first-order valence-electron chi connectivity index (χ1n) is 5.94. The predicted molar refractivity (Wildman–Crippen MR) is 68.8 cm³/mol. The first kappa shape index (κ1) is 14.6. The molecule has 100 valence electrons. The lowest BCUT2D eigenvalue weighted by Gasteiger charge is -2.15. The standard InChI is InChI=1S/C13H19FN2O2/c1-9(7-10(2)17)15-8-13(18)16-12-5-3-11(14)4-6-12/h3-6,9-10,15,17H,7-8H2,1-2H3,(H,16,18). The van der Waals surface area contributed by atoms with Gasteiger partial charge >= 0.3 is 0 Å². The van der Waals surface area contributed by atoms with Gasteiger partial charge in [0, 0.05) is 11.7 Å². The molecule has 2 unspecified atom stereocenters. The number of benzene rings is 1. The highest BCUT2D eigenvalue weighted by Crippen LogP contribution is 2.07. The molecule has 1 amide bonds. The Kier molecular flexibility index (Phi) is 5.74. The number of carbonyl (C=O) groups excluding carboxylic acids is 1. The van der Waals surface area contributed by atoms with E-state index in [4.69, 9.17) is 0 Å². The van der Waals surface area contributed by atoms with Crippen LogP contribution in [0, 0.1) is 5.82 Å². The molecule has 18 heavy (non-hydrogen) atoms. The molecule has 3 N–H and O–H groups in total. The van der Waals surface area contributed by atoms with Crippen molar-refractivity contribution >= 4 is 11.6 Å². The van der Waals surface area contributed by atoms with E-state index in [1.807, 2.05) is 6.92 Å². The summed E-state index contributed by atoms with van der Waals surface area (Å²) < 4.78 is 12.7. The molecular formula is C13H19FN2O2. The summed E-state index contributed by atoms with van der Waals surface area (Å²) in [4.78, 5) is 11.6. The van der Waals surface area contributed by atoms with E-state index in [0.29, 0.717) is 12.1 Å². The number of aliphatic hydroxyl groups is 1. The van der Waals surface area contributed by atoms with Crippen molar-refractivity contribution in [3.63, 3.8) is 0 Å². The Balaban J connectivity index is 2.31. The number of hydrogen-bond donors (Lipinski definition) is 3. The van der Waals surface area contributed by atoms with E-state index in [0.717, 1.165) is 0 Å². The number of aliphatic hydroxyl groups excluding tert-OH is 1. The first-order valence-corrected chi connectivity index (χ1v) is 5.94. The molecule has 4 nitrogen and oxygen atoms in total. The van der Waals surface area contributed by atoms with E-state index < -0.39 is 6.10 Å². The molecule has 0 saturated heterocycles. The first-order chi connectivity index (χ1) is 8.47. The van der Waals surface area contributed by atoms with Crippen LogP contribution in [0.15, 0.2) is 24.3 Å². The average Bonchev–Trinajstić information content (AvgIpc) is 2.29. The minimum Gasteiger partial charge on any atom is -0.393 e. The van der Waals surface area contributed by atoms with Crippen LogP contribution >= 0.6 is 0 Å². The molecule has 0 aromatic heterocycles. The van der Waals surface area contributed by atoms with Crippen molar-refractivity contribution < 1.29 is 14.3 Å². The molecule has 0 aliphatic heterocycles. The summed E-state index contributed by atoms with van der Waals surface area (Å²) in [7, 11) is 0. The van der Waals surface area contributed by atoms with Crippen molar-refractivity contribution in [1.82, 2.24) is 5.32 Å². The van der Waals surface area contributed by atoms with Crippen LogP contribution in [0.1, 0.15) is 20.3 Å². The van der Waals surface area contributed by atoms with Crippen LogP contribution in [0.4, 0.5) is 10.1 Å². The van der Waals surface area contributed by atoms with E-state index in [2.05, 4.69) is 10.6 Å². The summed E-state index contributed by atoms with van der Waals surface area (Å²) in [5.41, 5.74) is 0.561. The summed E-state index contributed by atoms with van der Waals surface area (Å²) in [5, 5.41) is 14.8. The zero-order valence-electron chi connectivity index (χ0n) is 10.6. The Labute approximate surface area is 106 Å². The number of carbonyl (C=O) groups is 1. The maximum atomic E-state index is 12.7. The van der Waals surface area contributed by atoms with Gasteiger partial charge in [-0.15, -0.1) is 0 Å². The monoisotopic (exact) mass is 254 g/mol. The van der Waals surface area contributed by atoms with Gasteiger partial charge in [0.1, 0.15) is 5.82 Å². The second-order valence-electron chi connectivity index (χ2n) is 4.42. The number of hydrogen-bond acceptors (Lipinski definition) is 3. The minimum absolute atomic E-state index is 0.0592. The quantitative estimate of drug-likeness (QED) is 0.721. The molecule has 0 aliphatic rings. The lowest BCUT2D eigenvalue weighted by Crippen LogP contribution is -2.36. The molecule has 1 aromatic carbocycles. The fraction of sp³-hybridized carbons (Fsp3) is 0.462. The molecule has 1 rings (SSSR count). The summed E-state index contributed by atoms with van der Waals surface area (Å²) >= 11 is 0. The van der Waals surface area contributed by atoms with Crippen molar-refractivity contribution in [3.8, 4) is 0 Å². The number of amides is 1. The Morgan fingerprint density at radius 3 is 2.50 bits per heavy atom. The van der Waals surface area contributed by atoms with Gasteiger partial charge in [0.15, 0.2) is 0 Å². The van der Waals surface area contributed by atoms with E-state index in [-0.39, 0.29) is 24.3 Å². The zero-order chi connectivity index (χ0) is 13.5. The topological polar surface area (TPSA) is 61.4 Å². The van der Waals surface area contributed by atoms with E-state index in [1.165, 1.54) is 24.3 Å². The SMILES string of the molecule is CC(O)CC(C)NCC(=O)Nc1ccc(F)cc1. The number of rotatable bonds is 6. The Bertz CT molecular complexity index is 379. The van der Waals surface area contributed by atoms with Crippen LogP contribution in [-0.2, 0) is 4.79 Å². The highest BCUT2D eigenvalue weighted by Gasteiger charge is 2.08. The molecule has 0 radical (unpaired) electrons. The molecule has 0 spiro atoms. The number of anilines is 1. The van der Waals surface area contributed by atoms with Crippen molar-refractivity contribution in [2.24, 2.45) is 0 Å². The van der Waals surface area contributed by atoms with Gasteiger partial charge in [-0.3, -0.25) is 4.79 Å². The average molecular weight is 254 g/mol. The zero-order valence-corrected chi connectivity index (χ0v) is 10.6. The maximum absolute atomic E-state index is 12.7. The third-order valence-electron chi connectivity index (χ3n) is 2.43. The van der Waals surface area contributed by atoms with Gasteiger partial charge in [-0.25, -0.2) is 4.39 Å². The predicted octanol–water partition coefficient (Wildman–Crippen LogP) is 1.51. The molecule has 0 bridgehead atoms. The molecule has 1 aromatic rings. The van der Waals surface area contributed by atoms with Crippen molar-refractivity contribution in [3.05, 3.63) is 30.1 Å². The third-order valence-corrected chi connectivity index (χ3v) is 2.43. The van der Waals surface area contributed by atoms with E-state index >= 15 is 0 Å². The lowest BCUT2D eigenvalue weighted by molar-refractivity contribution is -0.115. The normalized spacial score (nSPS) is 14.0. The summed E-state index contributed by atoms with van der Waals surface area (Å²) in [6.45, 7) is 3.76. The number of halogens is 1. The molecule has 5 heteroatoms. The Morgan fingerprint density at radius 1 is 1.33 bits per heavy atom. The van der Waals surface area contributed by atoms with Gasteiger partial charge in [-0.2, -0.15) is 0 Å². The maximum Gasteiger partial charge on any atom is 0.238 e. The van der Waals surface area contributed by atoms with Gasteiger partial charge in [0.05, 0.1) is 12.6 Å². The van der Waals surface area contributed by atoms with Crippen LogP contribution in [0.3, 0.4) is 0 Å². The Hall–Kier alpha value is -1.46. The molecule has 0 heterocycles. The smallest absolute Gasteiger partial charge is 0.238 e. The molecule has 0 aliphatic carbocycles. The largest absolute Gasteiger partial charge is 0.393 e. The molecular weight excluding hydrogens is 235 g/mol. The second-order valence-corrected chi connectivity index (χ2v) is 4.42. The summed E-state index contributed by atoms with van der Waals surface area (Å²) in [6.07, 6.45) is 0.191. The summed E-state index contributed by atoms with van der Waals surface area (Å²) in [6, 6.07) is 5.65. The highest BCUT2D eigenvalue weighted by molar-refractivity contribution is 5.92. The van der Waals surface area contributed by atoms with Gasteiger partial charge in [0.2, 0.25) is 5.91 Å². The highest BCUT2D eigenvalue weighted by atomic mass is 19.1. The van der Waals surface area contributed by atoms with Crippen molar-refractivity contribution in [2.75, 3.05) is 11.9 Å². The van der Waals surface area contributed by atoms with Gasteiger partial charge in [-0.1, -0.05) is 0 Å². The third kappa shape index (κ3) is 5.75. The fourth-order valence-corrected chi connectivity index (χ4v) is 1.60. The Morgan fingerprint density at radius 2 is 1.94 bits per heavy atom. The van der Waals surface area contributed by atoms with E-state index in [9.17, 15) is 14.3 Å². The van der Waals surface area contributed by atoms with Crippen LogP contribution in [0.25, 0.3) is 0 Å². The van der Waals surface area contributed by atoms with Crippen molar-refractivity contribution in [1.29, 1.82) is 0 Å². The van der Waals surface area contributed by atoms with Crippen LogP contribution in [0.5, 0.6) is 0 Å². The molecule has 2 atom stereocenters. The minimum atomic E-state index is -0.396. The molecule has 0 saturated carbocycles. The number of nitrogens with one attached hydrogen (secondary N) is 2. The fourth-order valence-electron chi connectivity index (χ4n) is 1.60. The van der Waals surface area contributed by atoms with Gasteiger partial charge in [0.25, 0.3) is 0 Å². The van der Waals surface area contributed by atoms with Crippen molar-refractivity contribution in [2.45, 2.75) is 32.4 Å². The van der Waals surface area contributed by atoms with Crippen LogP contribution in [0.2, 0.25) is 0 Å². The lowest BCUT2D eigenvalue weighted by atomic mass is 10.1. The van der Waals surface area contributed by atoms with Gasteiger partial charge < -0.3 is 15.7 Å². The van der Waals surface area contributed by atoms with E-state index in [1.54, 1.807) is 6.92 Å². The summed E-state index contributed by atoms with van der Waals surface area (Å²) in [5.74, 6) is -0.532.